The lowest BCUT2D eigenvalue weighted by Crippen LogP contribution is -2.31. The first-order chi connectivity index (χ1) is 5.91. The molecule has 72 valence electrons. The van der Waals surface area contributed by atoms with Crippen LogP contribution in [0.5, 0.6) is 0 Å². The summed E-state index contributed by atoms with van der Waals surface area (Å²) in [6.45, 7) is -0.305. The number of carboxylic acids is 1. The van der Waals surface area contributed by atoms with Gasteiger partial charge in [0.15, 0.2) is 0 Å². The van der Waals surface area contributed by atoms with E-state index in [1.165, 1.54) is 0 Å². The van der Waals surface area contributed by atoms with Crippen molar-refractivity contribution in [2.24, 2.45) is 0 Å². The number of carbonyl (C=O) groups is 1. The van der Waals surface area contributed by atoms with E-state index in [0.29, 0.717) is 6.08 Å². The minimum Gasteiger partial charge on any atom is -0.478 e. The highest BCUT2D eigenvalue weighted by Crippen LogP contribution is 2.25. The van der Waals surface area contributed by atoms with Crippen LogP contribution in [-0.4, -0.2) is 23.8 Å². The van der Waals surface area contributed by atoms with Gasteiger partial charge in [-0.25, -0.2) is 4.79 Å². The average Bonchev–Trinajstić information content (AvgIpc) is 2.03. The molecule has 1 aliphatic heterocycles. The Balaban J connectivity index is 2.82. The van der Waals surface area contributed by atoms with E-state index < -0.39 is 17.8 Å². The molecule has 0 aromatic carbocycles. The van der Waals surface area contributed by atoms with Gasteiger partial charge in [-0.05, 0) is 12.2 Å². The molecule has 0 atom stereocenters. The molecule has 3 nitrogen and oxygen atoms in total. The molecule has 6 heteroatoms. The van der Waals surface area contributed by atoms with E-state index in [1.54, 1.807) is 0 Å². The monoisotopic (exact) mass is 193 g/mol. The van der Waals surface area contributed by atoms with E-state index >= 15 is 0 Å². The van der Waals surface area contributed by atoms with Gasteiger partial charge in [0, 0.05) is 6.54 Å². The normalized spacial score (nSPS) is 17.2. The first kappa shape index (κ1) is 9.63. The third-order valence-corrected chi connectivity index (χ3v) is 1.50. The molecular formula is C7H6F3NO2. The van der Waals surface area contributed by atoms with Gasteiger partial charge in [0.25, 0.3) is 0 Å². The van der Waals surface area contributed by atoms with Gasteiger partial charge in [-0.3, -0.25) is 0 Å². The van der Waals surface area contributed by atoms with Gasteiger partial charge < -0.3 is 10.4 Å². The summed E-state index contributed by atoms with van der Waals surface area (Å²) in [6.07, 6.45) is -2.78. The summed E-state index contributed by atoms with van der Waals surface area (Å²) in [7, 11) is 0. The van der Waals surface area contributed by atoms with Crippen LogP contribution in [0, 0.1) is 0 Å². The van der Waals surface area contributed by atoms with Crippen molar-refractivity contribution in [3.8, 4) is 0 Å². The molecule has 0 saturated heterocycles. The summed E-state index contributed by atoms with van der Waals surface area (Å²) in [6, 6.07) is 0. The van der Waals surface area contributed by atoms with Crippen molar-refractivity contribution < 1.29 is 23.1 Å². The Kier molecular flexibility index (Phi) is 2.31. The predicted octanol–water partition coefficient (Wildman–Crippen LogP) is 1.05. The molecule has 0 unspecified atom stereocenters. The predicted molar refractivity (Wildman–Crippen MR) is 37.9 cm³/mol. The van der Waals surface area contributed by atoms with E-state index in [0.717, 1.165) is 6.08 Å². The molecule has 0 radical (unpaired) electrons. The average molecular weight is 193 g/mol. The molecule has 1 heterocycles. The Morgan fingerprint density at radius 1 is 1.46 bits per heavy atom. The van der Waals surface area contributed by atoms with Crippen molar-refractivity contribution in [1.82, 2.24) is 5.32 Å². The minimum atomic E-state index is -4.44. The van der Waals surface area contributed by atoms with Crippen LogP contribution in [0.1, 0.15) is 0 Å². The number of dihydropyridines is 1. The molecular weight excluding hydrogens is 187 g/mol. The minimum absolute atomic E-state index is 0.0898. The Morgan fingerprint density at radius 3 is 2.38 bits per heavy atom. The van der Waals surface area contributed by atoms with E-state index in [1.807, 2.05) is 5.32 Å². The maximum absolute atomic E-state index is 12.0. The number of allylic oxidation sites excluding steroid dienone is 3. The zero-order valence-corrected chi connectivity index (χ0v) is 6.35. The van der Waals surface area contributed by atoms with Gasteiger partial charge in [-0.2, -0.15) is 13.2 Å². The van der Waals surface area contributed by atoms with Gasteiger partial charge >= 0.3 is 12.1 Å². The van der Waals surface area contributed by atoms with Crippen LogP contribution in [0.3, 0.4) is 0 Å². The van der Waals surface area contributed by atoms with E-state index in [4.69, 9.17) is 5.11 Å². The lowest BCUT2D eigenvalue weighted by Gasteiger charge is -2.17. The molecule has 2 N–H and O–H groups in total. The quantitative estimate of drug-likeness (QED) is 0.654. The van der Waals surface area contributed by atoms with Crippen molar-refractivity contribution in [1.29, 1.82) is 0 Å². The molecule has 0 aliphatic carbocycles. The Morgan fingerprint density at radius 2 is 2.08 bits per heavy atom. The number of halogens is 3. The van der Waals surface area contributed by atoms with E-state index in [9.17, 15) is 18.0 Å². The Bertz CT molecular complexity index is 291. The summed E-state index contributed by atoms with van der Waals surface area (Å²) in [5.41, 5.74) is -1.01. The highest BCUT2D eigenvalue weighted by atomic mass is 19.4. The summed E-state index contributed by atoms with van der Waals surface area (Å²) in [4.78, 5) is 10.3. The fourth-order valence-electron chi connectivity index (χ4n) is 0.834. The SMILES string of the molecule is O=C(O)C1=CC=C(C(F)(F)F)NC1. The molecule has 0 aromatic rings. The van der Waals surface area contributed by atoms with Crippen molar-refractivity contribution >= 4 is 5.97 Å². The fourth-order valence-corrected chi connectivity index (χ4v) is 0.834. The summed E-state index contributed by atoms with van der Waals surface area (Å²) in [5, 5.41) is 10.4. The van der Waals surface area contributed by atoms with Gasteiger partial charge in [0.05, 0.1) is 5.57 Å². The Hall–Kier alpha value is -1.46. The molecule has 13 heavy (non-hydrogen) atoms. The number of rotatable bonds is 1. The van der Waals surface area contributed by atoms with E-state index in [2.05, 4.69) is 0 Å². The van der Waals surface area contributed by atoms with Gasteiger partial charge in [0.2, 0.25) is 0 Å². The lowest BCUT2D eigenvalue weighted by molar-refractivity contribution is -0.133. The van der Waals surface area contributed by atoms with Crippen LogP contribution in [0.25, 0.3) is 0 Å². The third kappa shape index (κ3) is 2.24. The number of nitrogens with one attached hydrogen (secondary N) is 1. The van der Waals surface area contributed by atoms with Gasteiger partial charge in [-0.1, -0.05) is 0 Å². The second-order valence-electron chi connectivity index (χ2n) is 2.43. The summed E-state index contributed by atoms with van der Waals surface area (Å²) < 4.78 is 35.9. The fraction of sp³-hybridized carbons (Fsp3) is 0.286. The number of hydrogen-bond acceptors (Lipinski definition) is 2. The Labute approximate surface area is 71.5 Å². The molecule has 0 saturated carbocycles. The number of hydrogen-bond donors (Lipinski definition) is 2. The van der Waals surface area contributed by atoms with Gasteiger partial charge in [-0.15, -0.1) is 0 Å². The van der Waals surface area contributed by atoms with Crippen LogP contribution in [0.4, 0.5) is 13.2 Å². The number of carboxylic acid groups (broad SMARTS) is 1. The highest BCUT2D eigenvalue weighted by Gasteiger charge is 2.34. The molecule has 0 spiro atoms. The van der Waals surface area contributed by atoms with Crippen LogP contribution < -0.4 is 5.32 Å². The molecule has 0 bridgehead atoms. The first-order valence-corrected chi connectivity index (χ1v) is 3.36. The lowest BCUT2D eigenvalue weighted by atomic mass is 10.1. The number of aliphatic carboxylic acids is 1. The van der Waals surface area contributed by atoms with Crippen molar-refractivity contribution in [2.45, 2.75) is 6.18 Å². The number of alkyl halides is 3. The van der Waals surface area contributed by atoms with Gasteiger partial charge in [0.1, 0.15) is 5.70 Å². The maximum Gasteiger partial charge on any atom is 0.430 e. The second-order valence-corrected chi connectivity index (χ2v) is 2.43. The zero-order chi connectivity index (χ0) is 10.1. The second kappa shape index (κ2) is 3.12. The highest BCUT2D eigenvalue weighted by molar-refractivity contribution is 5.87. The standard InChI is InChI=1S/C7H6F3NO2/c8-7(9,10)5-2-1-4(3-11-5)6(12)13/h1-2,11H,3H2,(H,12,13). The van der Waals surface area contributed by atoms with Crippen molar-refractivity contribution in [3.05, 3.63) is 23.4 Å². The first-order valence-electron chi connectivity index (χ1n) is 3.36. The third-order valence-electron chi connectivity index (χ3n) is 1.50. The molecule has 1 rings (SSSR count). The van der Waals surface area contributed by atoms with Crippen LogP contribution in [-0.2, 0) is 4.79 Å². The topological polar surface area (TPSA) is 49.3 Å². The molecule has 0 aromatic heterocycles. The maximum atomic E-state index is 12.0. The molecule has 1 aliphatic rings. The summed E-state index contributed by atoms with van der Waals surface area (Å²) >= 11 is 0. The summed E-state index contributed by atoms with van der Waals surface area (Å²) in [5.74, 6) is -1.22. The van der Waals surface area contributed by atoms with E-state index in [-0.39, 0.29) is 12.1 Å². The van der Waals surface area contributed by atoms with Crippen LogP contribution in [0.15, 0.2) is 23.4 Å². The van der Waals surface area contributed by atoms with Crippen LogP contribution in [0.2, 0.25) is 0 Å². The van der Waals surface area contributed by atoms with Crippen molar-refractivity contribution in [3.63, 3.8) is 0 Å². The van der Waals surface area contributed by atoms with Crippen molar-refractivity contribution in [2.75, 3.05) is 6.54 Å². The smallest absolute Gasteiger partial charge is 0.430 e. The zero-order valence-electron chi connectivity index (χ0n) is 6.35. The largest absolute Gasteiger partial charge is 0.478 e. The molecule has 0 amide bonds. The van der Waals surface area contributed by atoms with Crippen LogP contribution >= 0.6 is 0 Å². The molecule has 0 fully saturated rings.